The number of aliphatic imine (C=N–C) groups is 1. The van der Waals surface area contributed by atoms with Crippen LogP contribution in [-0.2, 0) is 6.54 Å². The van der Waals surface area contributed by atoms with Gasteiger partial charge in [0, 0.05) is 24.0 Å². The first-order chi connectivity index (χ1) is 8.43. The molecule has 0 bridgehead atoms. The number of nitrogens with zero attached hydrogens (tertiary/aromatic N) is 2. The van der Waals surface area contributed by atoms with Crippen molar-refractivity contribution in [3.63, 3.8) is 0 Å². The molecule has 2 aromatic carbocycles. The average molecular weight is 222 g/mol. The van der Waals surface area contributed by atoms with E-state index in [1.54, 1.807) is 0 Å². The molecule has 2 aromatic rings. The van der Waals surface area contributed by atoms with Crippen LogP contribution in [0.15, 0.2) is 59.6 Å². The van der Waals surface area contributed by atoms with Crippen molar-refractivity contribution in [2.75, 3.05) is 11.6 Å². The molecule has 2 heteroatoms. The van der Waals surface area contributed by atoms with E-state index in [0.717, 1.165) is 13.2 Å². The minimum atomic E-state index is 0.742. The quantitative estimate of drug-likeness (QED) is 0.762. The second-order valence-electron chi connectivity index (χ2n) is 4.20. The molecule has 1 heterocycles. The van der Waals surface area contributed by atoms with Gasteiger partial charge in [0.2, 0.25) is 0 Å². The number of hydrogen-bond donors (Lipinski definition) is 0. The van der Waals surface area contributed by atoms with E-state index in [-0.39, 0.29) is 0 Å². The number of benzene rings is 2. The molecule has 3 rings (SSSR count). The van der Waals surface area contributed by atoms with E-state index >= 15 is 0 Å². The molecule has 0 aromatic heterocycles. The molecule has 0 unspecified atom stereocenters. The topological polar surface area (TPSA) is 15.6 Å². The first-order valence-corrected chi connectivity index (χ1v) is 5.81. The molecule has 1 aliphatic heterocycles. The van der Waals surface area contributed by atoms with Gasteiger partial charge in [0.25, 0.3) is 0 Å². The summed E-state index contributed by atoms with van der Waals surface area (Å²) in [5.41, 5.74) is 3.79. The number of para-hydroxylation sites is 1. The molecule has 0 spiro atoms. The summed E-state index contributed by atoms with van der Waals surface area (Å²) in [6.07, 6.45) is 1.96. The lowest BCUT2D eigenvalue weighted by atomic mass is 10.1. The fourth-order valence-corrected chi connectivity index (χ4v) is 2.14. The second kappa shape index (κ2) is 4.42. The minimum Gasteiger partial charge on any atom is -0.347 e. The van der Waals surface area contributed by atoms with Crippen LogP contribution in [0.2, 0.25) is 0 Å². The van der Waals surface area contributed by atoms with Crippen molar-refractivity contribution in [1.29, 1.82) is 0 Å². The molecule has 0 saturated carbocycles. The van der Waals surface area contributed by atoms with Gasteiger partial charge in [-0.25, -0.2) is 0 Å². The molecular weight excluding hydrogens is 208 g/mol. The molecule has 84 valence electrons. The van der Waals surface area contributed by atoms with Crippen molar-refractivity contribution in [3.8, 4) is 0 Å². The average Bonchev–Trinajstić information content (AvgIpc) is 2.40. The van der Waals surface area contributed by atoms with Gasteiger partial charge >= 0.3 is 0 Å². The summed E-state index contributed by atoms with van der Waals surface area (Å²) in [5, 5.41) is 0. The summed E-state index contributed by atoms with van der Waals surface area (Å²) in [4.78, 5) is 6.69. The molecular formula is C15H14N2. The van der Waals surface area contributed by atoms with E-state index < -0.39 is 0 Å². The molecule has 2 nitrogen and oxygen atoms in total. The lowest BCUT2D eigenvalue weighted by Crippen LogP contribution is -2.26. The fourth-order valence-electron chi connectivity index (χ4n) is 2.14. The number of hydrogen-bond acceptors (Lipinski definition) is 2. The number of anilines is 1. The van der Waals surface area contributed by atoms with Crippen molar-refractivity contribution in [2.45, 2.75) is 6.54 Å². The first kappa shape index (κ1) is 10.1. The molecule has 1 aliphatic rings. The smallest absolute Gasteiger partial charge is 0.110 e. The predicted molar refractivity (Wildman–Crippen MR) is 71.5 cm³/mol. The summed E-state index contributed by atoms with van der Waals surface area (Å²) in [6.45, 7) is 1.65. The molecule has 0 amide bonds. The third kappa shape index (κ3) is 2.07. The molecule has 0 aliphatic carbocycles. The van der Waals surface area contributed by atoms with Crippen molar-refractivity contribution < 1.29 is 0 Å². The third-order valence-electron chi connectivity index (χ3n) is 2.98. The molecule has 0 atom stereocenters. The van der Waals surface area contributed by atoms with Crippen molar-refractivity contribution >= 4 is 11.9 Å². The highest BCUT2D eigenvalue weighted by Crippen LogP contribution is 2.23. The Balaban J connectivity index is 1.88. The van der Waals surface area contributed by atoms with Gasteiger partial charge in [-0.3, -0.25) is 4.99 Å². The molecule has 0 saturated heterocycles. The highest BCUT2D eigenvalue weighted by Gasteiger charge is 2.12. The monoisotopic (exact) mass is 222 g/mol. The fraction of sp³-hybridized carbons (Fsp3) is 0.133. The predicted octanol–water partition coefficient (Wildman–Crippen LogP) is 3.08. The standard InChI is InChI=1S/C15H14N2/c1-2-6-13(7-3-1)11-17-12-16-10-14-8-4-5-9-15(14)17/h1-10H,11-12H2. The van der Waals surface area contributed by atoms with E-state index in [1.807, 2.05) is 12.3 Å². The lowest BCUT2D eigenvalue weighted by Gasteiger charge is -2.27. The van der Waals surface area contributed by atoms with Crippen LogP contribution in [0.3, 0.4) is 0 Å². The Hall–Kier alpha value is -2.09. The summed E-state index contributed by atoms with van der Waals surface area (Å²) in [6, 6.07) is 18.9. The van der Waals surface area contributed by atoms with Gasteiger partial charge in [-0.15, -0.1) is 0 Å². The van der Waals surface area contributed by atoms with Gasteiger partial charge < -0.3 is 4.90 Å². The maximum absolute atomic E-state index is 4.40. The van der Waals surface area contributed by atoms with Crippen molar-refractivity contribution in [2.24, 2.45) is 4.99 Å². The summed E-state index contributed by atoms with van der Waals surface area (Å²) < 4.78 is 0. The summed E-state index contributed by atoms with van der Waals surface area (Å²) in [5.74, 6) is 0. The zero-order valence-electron chi connectivity index (χ0n) is 9.58. The van der Waals surface area contributed by atoms with E-state index in [2.05, 4.69) is 58.4 Å². The molecule has 0 fully saturated rings. The number of fused-ring (bicyclic) bond motifs is 1. The van der Waals surface area contributed by atoms with Crippen LogP contribution in [0.5, 0.6) is 0 Å². The largest absolute Gasteiger partial charge is 0.347 e. The molecule has 0 N–H and O–H groups in total. The van der Waals surface area contributed by atoms with Gasteiger partial charge in [0.05, 0.1) is 0 Å². The Labute approximate surface area is 101 Å². The highest BCUT2D eigenvalue weighted by molar-refractivity contribution is 5.89. The van der Waals surface area contributed by atoms with Gasteiger partial charge in [0.15, 0.2) is 0 Å². The molecule has 17 heavy (non-hydrogen) atoms. The Morgan fingerprint density at radius 1 is 0.941 bits per heavy atom. The Morgan fingerprint density at radius 3 is 2.59 bits per heavy atom. The van der Waals surface area contributed by atoms with Gasteiger partial charge in [0.1, 0.15) is 6.67 Å². The highest BCUT2D eigenvalue weighted by atomic mass is 15.2. The zero-order chi connectivity index (χ0) is 11.5. The Kier molecular flexibility index (Phi) is 2.62. The molecule has 0 radical (unpaired) electrons. The van der Waals surface area contributed by atoms with E-state index in [4.69, 9.17) is 0 Å². The van der Waals surface area contributed by atoms with Crippen LogP contribution in [0.1, 0.15) is 11.1 Å². The van der Waals surface area contributed by atoms with Crippen LogP contribution in [0.4, 0.5) is 5.69 Å². The van der Waals surface area contributed by atoms with E-state index in [1.165, 1.54) is 16.8 Å². The Bertz CT molecular complexity index is 532. The maximum atomic E-state index is 4.40. The van der Waals surface area contributed by atoms with Crippen LogP contribution >= 0.6 is 0 Å². The maximum Gasteiger partial charge on any atom is 0.110 e. The Morgan fingerprint density at radius 2 is 1.71 bits per heavy atom. The SMILES string of the molecule is C1=NCN(Cc2ccccc2)c2ccccc21. The van der Waals surface area contributed by atoms with E-state index in [9.17, 15) is 0 Å². The van der Waals surface area contributed by atoms with Crippen LogP contribution in [-0.4, -0.2) is 12.9 Å². The minimum absolute atomic E-state index is 0.742. The summed E-state index contributed by atoms with van der Waals surface area (Å²) in [7, 11) is 0. The van der Waals surface area contributed by atoms with Gasteiger partial charge in [-0.05, 0) is 11.6 Å². The second-order valence-corrected chi connectivity index (χ2v) is 4.20. The van der Waals surface area contributed by atoms with Gasteiger partial charge in [-0.2, -0.15) is 0 Å². The normalized spacial score (nSPS) is 13.5. The van der Waals surface area contributed by atoms with E-state index in [0.29, 0.717) is 0 Å². The van der Waals surface area contributed by atoms with Crippen LogP contribution in [0.25, 0.3) is 0 Å². The lowest BCUT2D eigenvalue weighted by molar-refractivity contribution is 0.806. The zero-order valence-corrected chi connectivity index (χ0v) is 9.58. The van der Waals surface area contributed by atoms with Crippen molar-refractivity contribution in [1.82, 2.24) is 0 Å². The van der Waals surface area contributed by atoms with Crippen LogP contribution < -0.4 is 4.90 Å². The third-order valence-corrected chi connectivity index (χ3v) is 2.98. The van der Waals surface area contributed by atoms with Gasteiger partial charge in [-0.1, -0.05) is 48.5 Å². The summed E-state index contributed by atoms with van der Waals surface area (Å²) >= 11 is 0. The van der Waals surface area contributed by atoms with Crippen molar-refractivity contribution in [3.05, 3.63) is 65.7 Å². The number of rotatable bonds is 2. The first-order valence-electron chi connectivity index (χ1n) is 5.81. The van der Waals surface area contributed by atoms with Crippen LogP contribution in [0, 0.1) is 0 Å².